The first-order valence-corrected chi connectivity index (χ1v) is 7.44. The molecule has 0 bridgehead atoms. The molecular formula is C18H14F2N4O. The van der Waals surface area contributed by atoms with E-state index in [1.54, 1.807) is 6.07 Å². The standard InChI is InChI=1S/C18H14F2N4O/c1-11-4-2-3-5-14(11)24-18(25)16-9-22-17(10-21-16)23-15-7-6-12(19)8-13(15)20/h2-10H,1H3,(H,22,23)(H,24,25). The molecule has 0 aliphatic carbocycles. The van der Waals surface area contributed by atoms with Crippen molar-refractivity contribution in [2.75, 3.05) is 10.6 Å². The van der Waals surface area contributed by atoms with Crippen LogP contribution >= 0.6 is 0 Å². The normalized spacial score (nSPS) is 10.4. The van der Waals surface area contributed by atoms with Gasteiger partial charge in [-0.3, -0.25) is 4.79 Å². The number of benzene rings is 2. The molecule has 0 spiro atoms. The predicted molar refractivity (Wildman–Crippen MR) is 90.8 cm³/mol. The Kier molecular flexibility index (Phi) is 4.65. The number of hydrogen-bond donors (Lipinski definition) is 2. The van der Waals surface area contributed by atoms with Crippen LogP contribution in [0.4, 0.5) is 26.0 Å². The van der Waals surface area contributed by atoms with E-state index in [2.05, 4.69) is 20.6 Å². The number of carbonyl (C=O) groups excluding carboxylic acids is 1. The average molecular weight is 340 g/mol. The van der Waals surface area contributed by atoms with Gasteiger partial charge in [-0.1, -0.05) is 18.2 Å². The minimum absolute atomic E-state index is 0.0628. The highest BCUT2D eigenvalue weighted by molar-refractivity contribution is 6.03. The van der Waals surface area contributed by atoms with Crippen molar-refractivity contribution in [1.82, 2.24) is 9.97 Å². The number of hydrogen-bond acceptors (Lipinski definition) is 4. The lowest BCUT2D eigenvalue weighted by atomic mass is 10.2. The Morgan fingerprint density at radius 3 is 2.48 bits per heavy atom. The second-order valence-corrected chi connectivity index (χ2v) is 5.31. The summed E-state index contributed by atoms with van der Waals surface area (Å²) in [4.78, 5) is 20.2. The number of nitrogens with zero attached hydrogens (tertiary/aromatic N) is 2. The largest absolute Gasteiger partial charge is 0.337 e. The molecule has 0 saturated heterocycles. The van der Waals surface area contributed by atoms with E-state index in [1.165, 1.54) is 18.5 Å². The lowest BCUT2D eigenvalue weighted by Gasteiger charge is -2.09. The van der Waals surface area contributed by atoms with Crippen LogP contribution in [0.15, 0.2) is 54.9 Å². The Morgan fingerprint density at radius 2 is 1.80 bits per heavy atom. The smallest absolute Gasteiger partial charge is 0.275 e. The molecule has 0 saturated carbocycles. The summed E-state index contributed by atoms with van der Waals surface area (Å²) in [6.07, 6.45) is 2.58. The van der Waals surface area contributed by atoms with Crippen molar-refractivity contribution >= 4 is 23.1 Å². The van der Waals surface area contributed by atoms with Gasteiger partial charge in [-0.2, -0.15) is 0 Å². The molecule has 5 nitrogen and oxygen atoms in total. The third kappa shape index (κ3) is 3.95. The van der Waals surface area contributed by atoms with Gasteiger partial charge in [0.05, 0.1) is 18.1 Å². The van der Waals surface area contributed by atoms with Crippen LogP contribution in [0.2, 0.25) is 0 Å². The number of rotatable bonds is 4. The number of carbonyl (C=O) groups is 1. The molecule has 2 aromatic carbocycles. The second kappa shape index (κ2) is 7.04. The van der Waals surface area contributed by atoms with E-state index in [0.29, 0.717) is 5.69 Å². The lowest BCUT2D eigenvalue weighted by molar-refractivity contribution is 0.102. The van der Waals surface area contributed by atoms with Gasteiger partial charge in [0.2, 0.25) is 0 Å². The molecule has 7 heteroatoms. The molecule has 25 heavy (non-hydrogen) atoms. The Balaban J connectivity index is 1.71. The van der Waals surface area contributed by atoms with Crippen molar-refractivity contribution in [2.24, 2.45) is 0 Å². The Bertz CT molecular complexity index is 913. The molecule has 3 rings (SSSR count). The monoisotopic (exact) mass is 340 g/mol. The number of amides is 1. The highest BCUT2D eigenvalue weighted by atomic mass is 19.1. The minimum Gasteiger partial charge on any atom is -0.337 e. The van der Waals surface area contributed by atoms with Crippen molar-refractivity contribution in [2.45, 2.75) is 6.92 Å². The number of anilines is 3. The van der Waals surface area contributed by atoms with Crippen LogP contribution in [0.25, 0.3) is 0 Å². The minimum atomic E-state index is -0.747. The van der Waals surface area contributed by atoms with Gasteiger partial charge in [0.25, 0.3) is 5.91 Å². The van der Waals surface area contributed by atoms with Crippen molar-refractivity contribution < 1.29 is 13.6 Å². The molecule has 0 unspecified atom stereocenters. The maximum atomic E-state index is 13.6. The maximum absolute atomic E-state index is 13.6. The van der Waals surface area contributed by atoms with Gasteiger partial charge in [-0.15, -0.1) is 0 Å². The summed E-state index contributed by atoms with van der Waals surface area (Å²) in [5.74, 6) is -1.58. The molecule has 1 aromatic heterocycles. The Hall–Kier alpha value is -3.35. The maximum Gasteiger partial charge on any atom is 0.275 e. The van der Waals surface area contributed by atoms with E-state index < -0.39 is 17.5 Å². The zero-order valence-electron chi connectivity index (χ0n) is 13.3. The predicted octanol–water partition coefficient (Wildman–Crippen LogP) is 4.06. The lowest BCUT2D eigenvalue weighted by Crippen LogP contribution is -2.15. The summed E-state index contributed by atoms with van der Waals surface area (Å²) in [5, 5.41) is 5.42. The zero-order valence-corrected chi connectivity index (χ0v) is 13.3. The Morgan fingerprint density at radius 1 is 1.00 bits per heavy atom. The van der Waals surface area contributed by atoms with E-state index >= 15 is 0 Å². The molecule has 0 aliphatic rings. The van der Waals surface area contributed by atoms with Crippen molar-refractivity contribution in [1.29, 1.82) is 0 Å². The summed E-state index contributed by atoms with van der Waals surface area (Å²) >= 11 is 0. The molecule has 3 aromatic rings. The van der Waals surface area contributed by atoms with Crippen LogP contribution in [0.5, 0.6) is 0 Å². The Labute approximate surface area is 142 Å². The second-order valence-electron chi connectivity index (χ2n) is 5.31. The topological polar surface area (TPSA) is 66.9 Å². The molecular weight excluding hydrogens is 326 g/mol. The van der Waals surface area contributed by atoms with Crippen LogP contribution in [0.1, 0.15) is 16.1 Å². The van der Waals surface area contributed by atoms with E-state index in [0.717, 1.165) is 17.7 Å². The quantitative estimate of drug-likeness (QED) is 0.752. The van der Waals surface area contributed by atoms with Crippen LogP contribution in [0, 0.1) is 18.6 Å². The summed E-state index contributed by atoms with van der Waals surface area (Å²) < 4.78 is 26.5. The molecule has 0 fully saturated rings. The average Bonchev–Trinajstić information content (AvgIpc) is 2.60. The fourth-order valence-corrected chi connectivity index (χ4v) is 2.14. The van der Waals surface area contributed by atoms with Crippen LogP contribution in [0.3, 0.4) is 0 Å². The molecule has 1 amide bonds. The van der Waals surface area contributed by atoms with Crippen LogP contribution < -0.4 is 10.6 Å². The summed E-state index contributed by atoms with van der Waals surface area (Å²) in [6.45, 7) is 1.88. The molecule has 0 aliphatic heterocycles. The summed E-state index contributed by atoms with van der Waals surface area (Å²) in [5.41, 5.74) is 1.79. The van der Waals surface area contributed by atoms with Crippen molar-refractivity contribution in [3.05, 3.63) is 77.8 Å². The first kappa shape index (κ1) is 16.5. The van der Waals surface area contributed by atoms with Crippen LogP contribution in [-0.2, 0) is 0 Å². The van der Waals surface area contributed by atoms with Gasteiger partial charge in [0.1, 0.15) is 23.1 Å². The third-order valence-corrected chi connectivity index (χ3v) is 3.47. The van der Waals surface area contributed by atoms with E-state index in [9.17, 15) is 13.6 Å². The molecule has 0 radical (unpaired) electrons. The van der Waals surface area contributed by atoms with Gasteiger partial charge in [-0.25, -0.2) is 18.7 Å². The van der Waals surface area contributed by atoms with Gasteiger partial charge >= 0.3 is 0 Å². The van der Waals surface area contributed by atoms with Gasteiger partial charge in [0.15, 0.2) is 0 Å². The molecule has 1 heterocycles. The SMILES string of the molecule is Cc1ccccc1NC(=O)c1cnc(Nc2ccc(F)cc2F)cn1. The highest BCUT2D eigenvalue weighted by Crippen LogP contribution is 2.19. The van der Waals surface area contributed by atoms with Gasteiger partial charge < -0.3 is 10.6 Å². The summed E-state index contributed by atoms with van der Waals surface area (Å²) in [6, 6.07) is 10.5. The van der Waals surface area contributed by atoms with Crippen molar-refractivity contribution in [3.63, 3.8) is 0 Å². The zero-order chi connectivity index (χ0) is 17.8. The van der Waals surface area contributed by atoms with E-state index in [-0.39, 0.29) is 17.2 Å². The fourth-order valence-electron chi connectivity index (χ4n) is 2.14. The molecule has 0 atom stereocenters. The fraction of sp³-hybridized carbons (Fsp3) is 0.0556. The van der Waals surface area contributed by atoms with E-state index in [1.807, 2.05) is 25.1 Å². The van der Waals surface area contributed by atoms with E-state index in [4.69, 9.17) is 0 Å². The first-order chi connectivity index (χ1) is 12.0. The van der Waals surface area contributed by atoms with Crippen molar-refractivity contribution in [3.8, 4) is 0 Å². The highest BCUT2D eigenvalue weighted by Gasteiger charge is 2.10. The number of aromatic nitrogens is 2. The van der Waals surface area contributed by atoms with Crippen LogP contribution in [-0.4, -0.2) is 15.9 Å². The third-order valence-electron chi connectivity index (χ3n) is 3.47. The number of nitrogens with one attached hydrogen (secondary N) is 2. The molecule has 2 N–H and O–H groups in total. The number of halogens is 2. The first-order valence-electron chi connectivity index (χ1n) is 7.44. The number of para-hydroxylation sites is 1. The summed E-state index contributed by atoms with van der Waals surface area (Å²) in [7, 11) is 0. The van der Waals surface area contributed by atoms with Gasteiger partial charge in [-0.05, 0) is 30.7 Å². The van der Waals surface area contributed by atoms with Gasteiger partial charge in [0, 0.05) is 11.8 Å². The number of aryl methyl sites for hydroxylation is 1. The molecule has 126 valence electrons.